The molecule has 0 bridgehead atoms. The summed E-state index contributed by atoms with van der Waals surface area (Å²) in [6.07, 6.45) is 0. The van der Waals surface area contributed by atoms with E-state index in [4.69, 9.17) is 5.73 Å². The van der Waals surface area contributed by atoms with Gasteiger partial charge in [-0.05, 0) is 38.0 Å². The summed E-state index contributed by atoms with van der Waals surface area (Å²) >= 11 is 1.86. The zero-order valence-corrected chi connectivity index (χ0v) is 12.6. The lowest BCUT2D eigenvalue weighted by Crippen LogP contribution is -2.22. The Kier molecular flexibility index (Phi) is 4.67. The summed E-state index contributed by atoms with van der Waals surface area (Å²) < 4.78 is 0. The maximum Gasteiger partial charge on any atom is 0.0492 e. The van der Waals surface area contributed by atoms with Crippen LogP contribution in [0.15, 0.2) is 53.4 Å². The molecule has 2 unspecified atom stereocenters. The summed E-state index contributed by atoms with van der Waals surface area (Å²) in [5.41, 5.74) is 10.1. The summed E-state index contributed by atoms with van der Waals surface area (Å²) in [6, 6.07) is 17.3. The molecule has 0 aliphatic rings. The molecular formula is C17H21NS. The Balaban J connectivity index is 2.26. The van der Waals surface area contributed by atoms with Gasteiger partial charge in [-0.15, -0.1) is 11.8 Å². The molecule has 0 fully saturated rings. The molecule has 0 radical (unpaired) electrons. The van der Waals surface area contributed by atoms with Gasteiger partial charge in [0, 0.05) is 16.2 Å². The average Bonchev–Trinajstić information content (AvgIpc) is 2.39. The second-order valence-electron chi connectivity index (χ2n) is 5.07. The quantitative estimate of drug-likeness (QED) is 0.829. The molecule has 0 aliphatic carbocycles. The third kappa shape index (κ3) is 3.62. The third-order valence-corrected chi connectivity index (χ3v) is 4.90. The summed E-state index contributed by atoms with van der Waals surface area (Å²) in [6.45, 7) is 6.34. The van der Waals surface area contributed by atoms with Crippen molar-refractivity contribution in [3.05, 3.63) is 65.2 Å². The Labute approximate surface area is 120 Å². The fourth-order valence-electron chi connectivity index (χ4n) is 2.06. The van der Waals surface area contributed by atoms with Crippen LogP contribution < -0.4 is 5.73 Å². The number of aryl methyl sites for hydroxylation is 2. The van der Waals surface area contributed by atoms with Crippen LogP contribution in [-0.4, -0.2) is 6.04 Å². The first-order valence-corrected chi connectivity index (χ1v) is 7.50. The topological polar surface area (TPSA) is 26.0 Å². The molecule has 2 N–H and O–H groups in total. The second kappa shape index (κ2) is 6.27. The lowest BCUT2D eigenvalue weighted by atomic mass is 10.1. The minimum Gasteiger partial charge on any atom is -0.327 e. The predicted molar refractivity (Wildman–Crippen MR) is 84.6 cm³/mol. The zero-order valence-electron chi connectivity index (χ0n) is 11.8. The monoisotopic (exact) mass is 271 g/mol. The summed E-state index contributed by atoms with van der Waals surface area (Å²) in [5.74, 6) is 0. The highest BCUT2D eigenvalue weighted by molar-refractivity contribution is 7.99. The molecule has 2 aromatic rings. The van der Waals surface area contributed by atoms with Gasteiger partial charge in [-0.3, -0.25) is 0 Å². The molecule has 2 rings (SSSR count). The predicted octanol–water partition coefficient (Wildman–Crippen LogP) is 4.48. The van der Waals surface area contributed by atoms with E-state index in [0.717, 1.165) is 0 Å². The molecule has 19 heavy (non-hydrogen) atoms. The van der Waals surface area contributed by atoms with Crippen LogP contribution in [0, 0.1) is 13.8 Å². The van der Waals surface area contributed by atoms with Gasteiger partial charge in [0.1, 0.15) is 0 Å². The first-order chi connectivity index (χ1) is 9.08. The molecule has 0 saturated heterocycles. The van der Waals surface area contributed by atoms with Crippen LogP contribution in [0.3, 0.4) is 0 Å². The first-order valence-electron chi connectivity index (χ1n) is 6.62. The number of benzene rings is 2. The van der Waals surface area contributed by atoms with Crippen molar-refractivity contribution in [1.82, 2.24) is 0 Å². The smallest absolute Gasteiger partial charge is 0.0492 e. The van der Waals surface area contributed by atoms with E-state index in [1.165, 1.54) is 21.6 Å². The average molecular weight is 271 g/mol. The molecule has 0 aromatic heterocycles. The molecule has 0 saturated carbocycles. The number of thioether (sulfide) groups is 1. The molecule has 2 aromatic carbocycles. The summed E-state index contributed by atoms with van der Waals surface area (Å²) in [7, 11) is 0. The maximum atomic E-state index is 6.18. The fourth-order valence-corrected chi connectivity index (χ4v) is 3.25. The van der Waals surface area contributed by atoms with Crippen molar-refractivity contribution in [2.45, 2.75) is 37.0 Å². The first kappa shape index (κ1) is 14.2. The SMILES string of the molecule is Cc1ccc(C(Sc2ccccc2C)C(C)N)cc1. The molecule has 100 valence electrons. The van der Waals surface area contributed by atoms with E-state index in [-0.39, 0.29) is 6.04 Å². The van der Waals surface area contributed by atoms with Crippen LogP contribution in [0.4, 0.5) is 0 Å². The van der Waals surface area contributed by atoms with E-state index in [9.17, 15) is 0 Å². The van der Waals surface area contributed by atoms with E-state index < -0.39 is 0 Å². The van der Waals surface area contributed by atoms with Gasteiger partial charge in [-0.2, -0.15) is 0 Å². The molecule has 2 heteroatoms. The van der Waals surface area contributed by atoms with Gasteiger partial charge >= 0.3 is 0 Å². The standard InChI is InChI=1S/C17H21NS/c1-12-8-10-15(11-9-12)17(14(3)18)19-16-7-5-4-6-13(16)2/h4-11,14,17H,18H2,1-3H3. The number of rotatable bonds is 4. The number of nitrogens with two attached hydrogens (primary N) is 1. The van der Waals surface area contributed by atoms with E-state index in [0.29, 0.717) is 5.25 Å². The van der Waals surface area contributed by atoms with Gasteiger partial charge in [-0.25, -0.2) is 0 Å². The van der Waals surface area contributed by atoms with Gasteiger partial charge in [0.05, 0.1) is 0 Å². The van der Waals surface area contributed by atoms with Crippen molar-refractivity contribution < 1.29 is 0 Å². The van der Waals surface area contributed by atoms with Crippen molar-refractivity contribution in [1.29, 1.82) is 0 Å². The molecular weight excluding hydrogens is 250 g/mol. The van der Waals surface area contributed by atoms with Gasteiger partial charge in [0.15, 0.2) is 0 Å². The van der Waals surface area contributed by atoms with Crippen LogP contribution >= 0.6 is 11.8 Å². The largest absolute Gasteiger partial charge is 0.327 e. The van der Waals surface area contributed by atoms with Crippen LogP contribution in [0.5, 0.6) is 0 Å². The molecule has 2 atom stereocenters. The fraction of sp³-hybridized carbons (Fsp3) is 0.294. The Hall–Kier alpha value is -1.25. The van der Waals surface area contributed by atoms with Crippen molar-refractivity contribution in [3.63, 3.8) is 0 Å². The van der Waals surface area contributed by atoms with E-state index in [1.54, 1.807) is 0 Å². The Morgan fingerprint density at radius 2 is 1.58 bits per heavy atom. The van der Waals surface area contributed by atoms with Crippen molar-refractivity contribution in [2.75, 3.05) is 0 Å². The lowest BCUT2D eigenvalue weighted by molar-refractivity contribution is 0.721. The van der Waals surface area contributed by atoms with Crippen molar-refractivity contribution >= 4 is 11.8 Å². The van der Waals surface area contributed by atoms with Gasteiger partial charge in [-0.1, -0.05) is 48.0 Å². The number of hydrogen-bond acceptors (Lipinski definition) is 2. The second-order valence-corrected chi connectivity index (χ2v) is 6.26. The Morgan fingerprint density at radius 1 is 0.947 bits per heavy atom. The lowest BCUT2D eigenvalue weighted by Gasteiger charge is -2.22. The highest BCUT2D eigenvalue weighted by Gasteiger charge is 2.18. The molecule has 0 spiro atoms. The van der Waals surface area contributed by atoms with Crippen LogP contribution in [-0.2, 0) is 0 Å². The van der Waals surface area contributed by atoms with Gasteiger partial charge < -0.3 is 5.73 Å². The number of hydrogen-bond donors (Lipinski definition) is 1. The summed E-state index contributed by atoms with van der Waals surface area (Å²) in [4.78, 5) is 1.31. The van der Waals surface area contributed by atoms with Gasteiger partial charge in [0.25, 0.3) is 0 Å². The van der Waals surface area contributed by atoms with E-state index >= 15 is 0 Å². The van der Waals surface area contributed by atoms with Crippen molar-refractivity contribution in [2.24, 2.45) is 5.73 Å². The highest BCUT2D eigenvalue weighted by atomic mass is 32.2. The Bertz CT molecular complexity index is 531. The highest BCUT2D eigenvalue weighted by Crippen LogP contribution is 2.38. The van der Waals surface area contributed by atoms with Crippen LogP contribution in [0.2, 0.25) is 0 Å². The maximum absolute atomic E-state index is 6.18. The molecule has 0 aliphatic heterocycles. The Morgan fingerprint density at radius 3 is 2.16 bits per heavy atom. The summed E-state index contributed by atoms with van der Waals surface area (Å²) in [5, 5.41) is 0.293. The minimum atomic E-state index is 0.118. The van der Waals surface area contributed by atoms with E-state index in [1.807, 2.05) is 11.8 Å². The molecule has 0 amide bonds. The third-order valence-electron chi connectivity index (χ3n) is 3.23. The minimum absolute atomic E-state index is 0.118. The van der Waals surface area contributed by atoms with Crippen molar-refractivity contribution in [3.8, 4) is 0 Å². The molecule has 0 heterocycles. The van der Waals surface area contributed by atoms with Gasteiger partial charge in [0.2, 0.25) is 0 Å². The van der Waals surface area contributed by atoms with Crippen LogP contribution in [0.1, 0.15) is 28.9 Å². The van der Waals surface area contributed by atoms with Crippen LogP contribution in [0.25, 0.3) is 0 Å². The van der Waals surface area contributed by atoms with E-state index in [2.05, 4.69) is 69.3 Å². The zero-order chi connectivity index (χ0) is 13.8. The normalized spacial score (nSPS) is 14.1. The molecule has 1 nitrogen and oxygen atoms in total.